The van der Waals surface area contributed by atoms with E-state index in [1.165, 1.54) is 12.1 Å². The van der Waals surface area contributed by atoms with E-state index in [2.05, 4.69) is 11.6 Å². The van der Waals surface area contributed by atoms with Crippen LogP contribution in [0.4, 0.5) is 0 Å². The van der Waals surface area contributed by atoms with Gasteiger partial charge in [-0.25, -0.2) is 13.1 Å². The zero-order valence-corrected chi connectivity index (χ0v) is 12.7. The van der Waals surface area contributed by atoms with Gasteiger partial charge in [-0.15, -0.1) is 0 Å². The Hall–Kier alpha value is -1.03. The van der Waals surface area contributed by atoms with Gasteiger partial charge >= 0.3 is 0 Å². The smallest absolute Gasteiger partial charge is 0.208 e. The van der Waals surface area contributed by atoms with Crippen LogP contribution in [0.1, 0.15) is 25.8 Å². The summed E-state index contributed by atoms with van der Waals surface area (Å²) in [5, 5.41) is 8.94. The van der Waals surface area contributed by atoms with E-state index in [4.69, 9.17) is 5.26 Å². The monoisotopic (exact) mass is 298 g/mol. The highest BCUT2D eigenvalue weighted by atomic mass is 32.2. The second-order valence-corrected chi connectivity index (χ2v) is 7.19. The zero-order chi connectivity index (χ0) is 14.3. The number of thioether (sulfide) groups is 1. The average molecular weight is 298 g/mol. The summed E-state index contributed by atoms with van der Waals surface area (Å²) >= 11 is 1.78. The molecule has 0 aliphatic heterocycles. The van der Waals surface area contributed by atoms with Gasteiger partial charge in [0, 0.05) is 6.04 Å². The number of hydrogen-bond acceptors (Lipinski definition) is 4. The Morgan fingerprint density at radius 3 is 2.74 bits per heavy atom. The molecule has 1 atom stereocenters. The lowest BCUT2D eigenvalue weighted by Gasteiger charge is -2.14. The molecule has 4 nitrogen and oxygen atoms in total. The Kier molecular flexibility index (Phi) is 6.35. The van der Waals surface area contributed by atoms with Crippen LogP contribution in [-0.2, 0) is 10.0 Å². The maximum atomic E-state index is 12.2. The van der Waals surface area contributed by atoms with Crippen LogP contribution in [0.25, 0.3) is 0 Å². The fourth-order valence-electron chi connectivity index (χ4n) is 1.59. The van der Waals surface area contributed by atoms with E-state index in [9.17, 15) is 8.42 Å². The molecule has 1 aromatic rings. The molecule has 0 aromatic heterocycles. The summed E-state index contributed by atoms with van der Waals surface area (Å²) in [5.74, 6) is 1.94. The van der Waals surface area contributed by atoms with Gasteiger partial charge in [0.2, 0.25) is 10.0 Å². The van der Waals surface area contributed by atoms with Crippen molar-refractivity contribution in [2.45, 2.75) is 31.2 Å². The molecular weight excluding hydrogens is 280 g/mol. The van der Waals surface area contributed by atoms with E-state index < -0.39 is 10.0 Å². The van der Waals surface area contributed by atoms with Gasteiger partial charge in [-0.05, 0) is 37.0 Å². The van der Waals surface area contributed by atoms with Gasteiger partial charge in [0.25, 0.3) is 0 Å². The van der Waals surface area contributed by atoms with E-state index in [1.807, 2.05) is 13.0 Å². The Morgan fingerprint density at radius 2 is 2.11 bits per heavy atom. The van der Waals surface area contributed by atoms with E-state index in [0.29, 0.717) is 0 Å². The van der Waals surface area contributed by atoms with Gasteiger partial charge in [0.15, 0.2) is 0 Å². The average Bonchev–Trinajstić information content (AvgIpc) is 2.38. The molecule has 0 saturated carbocycles. The minimum atomic E-state index is -3.62. The van der Waals surface area contributed by atoms with Crippen LogP contribution in [0, 0.1) is 11.3 Å². The van der Waals surface area contributed by atoms with Crippen molar-refractivity contribution < 1.29 is 8.42 Å². The molecule has 1 rings (SSSR count). The molecule has 0 amide bonds. The highest BCUT2D eigenvalue weighted by molar-refractivity contribution is 7.99. The van der Waals surface area contributed by atoms with Gasteiger partial charge in [-0.1, -0.05) is 19.1 Å². The molecule has 1 N–H and O–H groups in total. The normalized spacial score (nSPS) is 12.9. The fraction of sp³-hybridized carbons (Fsp3) is 0.462. The van der Waals surface area contributed by atoms with Crippen molar-refractivity contribution in [2.75, 3.05) is 11.5 Å². The van der Waals surface area contributed by atoms with Crippen molar-refractivity contribution in [2.24, 2.45) is 0 Å². The number of nitrogens with zero attached hydrogens (tertiary/aromatic N) is 1. The van der Waals surface area contributed by atoms with Gasteiger partial charge in [-0.2, -0.15) is 17.0 Å². The maximum Gasteiger partial charge on any atom is 0.242 e. The number of rotatable bonds is 7. The lowest BCUT2D eigenvalue weighted by atomic mass is 10.2. The minimum absolute atomic E-state index is 0.0486. The van der Waals surface area contributed by atoms with Crippen molar-refractivity contribution >= 4 is 21.8 Å². The first-order valence-corrected chi connectivity index (χ1v) is 8.74. The summed E-state index contributed by atoms with van der Waals surface area (Å²) in [7, 11) is -3.62. The van der Waals surface area contributed by atoms with E-state index in [0.717, 1.165) is 17.9 Å². The van der Waals surface area contributed by atoms with Gasteiger partial charge < -0.3 is 0 Å². The predicted octanol–water partition coefficient (Wildman–Crippen LogP) is 2.37. The second-order valence-electron chi connectivity index (χ2n) is 4.12. The molecule has 0 aliphatic carbocycles. The standard InChI is InChI=1S/C13H18N2O2S2/c1-3-18-9-8-11(2)15-19(16,17)13-7-5-4-6-12(13)10-14/h4-7,11,15H,3,8-9H2,1-2H3. The Morgan fingerprint density at radius 1 is 1.42 bits per heavy atom. The molecular formula is C13H18N2O2S2. The Labute approximate surface area is 119 Å². The first-order chi connectivity index (χ1) is 9.01. The first-order valence-electron chi connectivity index (χ1n) is 6.10. The highest BCUT2D eigenvalue weighted by Gasteiger charge is 2.20. The first kappa shape index (κ1) is 16.0. The van der Waals surface area contributed by atoms with Crippen molar-refractivity contribution in [1.82, 2.24) is 4.72 Å². The molecule has 0 saturated heterocycles. The zero-order valence-electron chi connectivity index (χ0n) is 11.1. The molecule has 1 unspecified atom stereocenters. The summed E-state index contributed by atoms with van der Waals surface area (Å²) in [6, 6.07) is 7.99. The lowest BCUT2D eigenvalue weighted by molar-refractivity contribution is 0.557. The van der Waals surface area contributed by atoms with Crippen molar-refractivity contribution in [3.63, 3.8) is 0 Å². The Balaban J connectivity index is 2.79. The maximum absolute atomic E-state index is 12.2. The molecule has 6 heteroatoms. The molecule has 0 spiro atoms. The van der Waals surface area contributed by atoms with Crippen LogP contribution in [0.3, 0.4) is 0 Å². The number of nitriles is 1. The third kappa shape index (κ3) is 4.86. The molecule has 0 fully saturated rings. The van der Waals surface area contributed by atoms with Crippen molar-refractivity contribution in [1.29, 1.82) is 5.26 Å². The summed E-state index contributed by atoms with van der Waals surface area (Å²) in [5.41, 5.74) is 0.171. The minimum Gasteiger partial charge on any atom is -0.208 e. The van der Waals surface area contributed by atoms with Gasteiger partial charge in [-0.3, -0.25) is 0 Å². The predicted molar refractivity (Wildman–Crippen MR) is 78.6 cm³/mol. The van der Waals surface area contributed by atoms with Crippen molar-refractivity contribution in [3.8, 4) is 6.07 Å². The quantitative estimate of drug-likeness (QED) is 0.785. The van der Waals surface area contributed by atoms with Crippen LogP contribution in [0.15, 0.2) is 29.2 Å². The molecule has 1 aromatic carbocycles. The number of benzene rings is 1. The molecule has 0 radical (unpaired) electrons. The summed E-state index contributed by atoms with van der Waals surface area (Å²) < 4.78 is 27.0. The second kappa shape index (κ2) is 7.53. The van der Waals surface area contributed by atoms with E-state index in [-0.39, 0.29) is 16.5 Å². The van der Waals surface area contributed by atoms with Crippen LogP contribution in [0.2, 0.25) is 0 Å². The lowest BCUT2D eigenvalue weighted by Crippen LogP contribution is -2.33. The van der Waals surface area contributed by atoms with E-state index >= 15 is 0 Å². The number of sulfonamides is 1. The third-order valence-electron chi connectivity index (χ3n) is 2.55. The fourth-order valence-corrected chi connectivity index (χ4v) is 3.83. The molecule has 104 valence electrons. The largest absolute Gasteiger partial charge is 0.242 e. The van der Waals surface area contributed by atoms with E-state index in [1.54, 1.807) is 23.9 Å². The third-order valence-corrected chi connectivity index (χ3v) is 5.13. The Bertz CT molecular complexity index is 550. The number of nitrogens with one attached hydrogen (secondary N) is 1. The van der Waals surface area contributed by atoms with Crippen molar-refractivity contribution in [3.05, 3.63) is 29.8 Å². The molecule has 0 bridgehead atoms. The van der Waals surface area contributed by atoms with Crippen LogP contribution >= 0.6 is 11.8 Å². The molecule has 0 aliphatic rings. The number of hydrogen-bond donors (Lipinski definition) is 1. The topological polar surface area (TPSA) is 70.0 Å². The van der Waals surface area contributed by atoms with Gasteiger partial charge in [0.05, 0.1) is 10.5 Å². The summed E-state index contributed by atoms with van der Waals surface area (Å²) in [4.78, 5) is 0.0486. The van der Waals surface area contributed by atoms with Crippen LogP contribution in [-0.4, -0.2) is 26.0 Å². The highest BCUT2D eigenvalue weighted by Crippen LogP contribution is 2.15. The SMILES string of the molecule is CCSCCC(C)NS(=O)(=O)c1ccccc1C#N. The van der Waals surface area contributed by atoms with Gasteiger partial charge in [0.1, 0.15) is 6.07 Å². The summed E-state index contributed by atoms with van der Waals surface area (Å²) in [6.07, 6.45) is 0.770. The summed E-state index contributed by atoms with van der Waals surface area (Å²) in [6.45, 7) is 3.91. The van der Waals surface area contributed by atoms with Crippen LogP contribution in [0.5, 0.6) is 0 Å². The molecule has 19 heavy (non-hydrogen) atoms. The van der Waals surface area contributed by atoms with Crippen LogP contribution < -0.4 is 4.72 Å². The molecule has 0 heterocycles.